The summed E-state index contributed by atoms with van der Waals surface area (Å²) in [7, 11) is 3.96. The predicted molar refractivity (Wildman–Crippen MR) is 44.1 cm³/mol. The Balaban J connectivity index is 2.67. The quantitative estimate of drug-likeness (QED) is 0.584. The van der Waals surface area contributed by atoms with Gasteiger partial charge in [0.15, 0.2) is 0 Å². The minimum atomic E-state index is -0.203. The zero-order chi connectivity index (χ0) is 8.32. The lowest BCUT2D eigenvalue weighted by atomic mass is 9.89. The molecule has 0 amide bonds. The van der Waals surface area contributed by atoms with E-state index >= 15 is 0 Å². The highest BCUT2D eigenvalue weighted by Crippen LogP contribution is 2.22. The Bertz CT molecular complexity index is 163. The van der Waals surface area contributed by atoms with E-state index < -0.39 is 0 Å². The molecule has 0 aromatic heterocycles. The van der Waals surface area contributed by atoms with Crippen LogP contribution in [0.15, 0.2) is 0 Å². The molecule has 1 aliphatic heterocycles. The first kappa shape index (κ1) is 8.51. The van der Waals surface area contributed by atoms with E-state index in [-0.39, 0.29) is 5.54 Å². The summed E-state index contributed by atoms with van der Waals surface area (Å²) < 4.78 is 0. The van der Waals surface area contributed by atoms with Crippen molar-refractivity contribution in [1.82, 2.24) is 10.2 Å². The second-order valence-corrected chi connectivity index (χ2v) is 3.29. The Hall–Kier alpha value is -0.590. The molecule has 0 unspecified atom stereocenters. The van der Waals surface area contributed by atoms with Crippen molar-refractivity contribution in [3.63, 3.8) is 0 Å². The van der Waals surface area contributed by atoms with Gasteiger partial charge in [-0.15, -0.1) is 0 Å². The van der Waals surface area contributed by atoms with E-state index in [9.17, 15) is 0 Å². The van der Waals surface area contributed by atoms with Gasteiger partial charge in [-0.25, -0.2) is 0 Å². The molecule has 0 bridgehead atoms. The van der Waals surface area contributed by atoms with Crippen molar-refractivity contribution in [2.45, 2.75) is 18.4 Å². The summed E-state index contributed by atoms with van der Waals surface area (Å²) in [4.78, 5) is 2.04. The molecule has 3 heteroatoms. The maximum atomic E-state index is 8.99. The largest absolute Gasteiger partial charge is 0.317 e. The van der Waals surface area contributed by atoms with Crippen LogP contribution in [0.4, 0.5) is 0 Å². The maximum Gasteiger partial charge on any atom is 0.111 e. The topological polar surface area (TPSA) is 39.1 Å². The fraction of sp³-hybridized carbons (Fsp3) is 0.875. The standard InChI is InChI=1S/C8H15N3/c1-11(2)8(7-9)3-5-10-6-4-8/h10H,3-6H2,1-2H3. The van der Waals surface area contributed by atoms with Gasteiger partial charge in [0.2, 0.25) is 0 Å². The van der Waals surface area contributed by atoms with E-state index in [2.05, 4.69) is 11.4 Å². The molecule has 0 spiro atoms. The number of hydrogen-bond donors (Lipinski definition) is 1. The minimum absolute atomic E-state index is 0.203. The highest BCUT2D eigenvalue weighted by atomic mass is 15.2. The van der Waals surface area contributed by atoms with Crippen LogP contribution < -0.4 is 5.32 Å². The summed E-state index contributed by atoms with van der Waals surface area (Å²) in [5.74, 6) is 0. The summed E-state index contributed by atoms with van der Waals surface area (Å²) in [6, 6.07) is 2.40. The van der Waals surface area contributed by atoms with E-state index in [1.165, 1.54) is 0 Å². The van der Waals surface area contributed by atoms with Gasteiger partial charge < -0.3 is 5.32 Å². The molecule has 1 heterocycles. The Morgan fingerprint density at radius 2 is 1.91 bits per heavy atom. The second-order valence-electron chi connectivity index (χ2n) is 3.29. The van der Waals surface area contributed by atoms with Crippen LogP contribution in [-0.4, -0.2) is 37.6 Å². The minimum Gasteiger partial charge on any atom is -0.317 e. The fourth-order valence-corrected chi connectivity index (χ4v) is 1.50. The van der Waals surface area contributed by atoms with Crippen LogP contribution in [0.3, 0.4) is 0 Å². The monoisotopic (exact) mass is 153 g/mol. The van der Waals surface area contributed by atoms with Gasteiger partial charge in [-0.2, -0.15) is 5.26 Å². The number of rotatable bonds is 1. The van der Waals surface area contributed by atoms with Crippen molar-refractivity contribution in [3.05, 3.63) is 0 Å². The van der Waals surface area contributed by atoms with Gasteiger partial charge in [0.1, 0.15) is 5.54 Å². The molecule has 1 saturated heterocycles. The number of hydrogen-bond acceptors (Lipinski definition) is 3. The lowest BCUT2D eigenvalue weighted by Crippen LogP contribution is -2.50. The van der Waals surface area contributed by atoms with Crippen molar-refractivity contribution in [3.8, 4) is 6.07 Å². The second kappa shape index (κ2) is 3.21. The number of nitriles is 1. The Morgan fingerprint density at radius 3 is 2.18 bits per heavy atom. The first-order valence-electron chi connectivity index (χ1n) is 4.01. The van der Waals surface area contributed by atoms with Crippen LogP contribution in [0.5, 0.6) is 0 Å². The average Bonchev–Trinajstić information content (AvgIpc) is 2.05. The smallest absolute Gasteiger partial charge is 0.111 e. The van der Waals surface area contributed by atoms with Gasteiger partial charge in [0, 0.05) is 0 Å². The number of nitrogens with one attached hydrogen (secondary N) is 1. The van der Waals surface area contributed by atoms with Crippen LogP contribution in [0.1, 0.15) is 12.8 Å². The van der Waals surface area contributed by atoms with E-state index in [4.69, 9.17) is 5.26 Å². The van der Waals surface area contributed by atoms with Gasteiger partial charge in [-0.05, 0) is 40.0 Å². The third-order valence-corrected chi connectivity index (χ3v) is 2.49. The fourth-order valence-electron chi connectivity index (χ4n) is 1.50. The van der Waals surface area contributed by atoms with Gasteiger partial charge >= 0.3 is 0 Å². The third-order valence-electron chi connectivity index (χ3n) is 2.49. The highest BCUT2D eigenvalue weighted by Gasteiger charge is 2.33. The van der Waals surface area contributed by atoms with Crippen LogP contribution in [-0.2, 0) is 0 Å². The van der Waals surface area contributed by atoms with Gasteiger partial charge in [0.25, 0.3) is 0 Å². The van der Waals surface area contributed by atoms with Gasteiger partial charge in [0.05, 0.1) is 6.07 Å². The van der Waals surface area contributed by atoms with Crippen molar-refractivity contribution < 1.29 is 0 Å². The molecule has 0 aliphatic carbocycles. The molecular formula is C8H15N3. The molecule has 0 aromatic rings. The third kappa shape index (κ3) is 1.52. The van der Waals surface area contributed by atoms with Gasteiger partial charge in [-0.3, -0.25) is 4.90 Å². The zero-order valence-electron chi connectivity index (χ0n) is 7.22. The van der Waals surface area contributed by atoms with Crippen molar-refractivity contribution in [1.29, 1.82) is 5.26 Å². The summed E-state index contributed by atoms with van der Waals surface area (Å²) in [6.45, 7) is 1.93. The molecule has 0 radical (unpaired) electrons. The first-order valence-corrected chi connectivity index (χ1v) is 4.01. The molecule has 0 atom stereocenters. The normalized spacial score (nSPS) is 23.1. The molecule has 11 heavy (non-hydrogen) atoms. The Labute approximate surface area is 68.0 Å². The number of piperidine rings is 1. The van der Waals surface area contributed by atoms with Gasteiger partial charge in [-0.1, -0.05) is 0 Å². The molecule has 0 aromatic carbocycles. The van der Waals surface area contributed by atoms with E-state index in [1.54, 1.807) is 0 Å². The van der Waals surface area contributed by atoms with Crippen molar-refractivity contribution in [2.75, 3.05) is 27.2 Å². The molecule has 1 fully saturated rings. The highest BCUT2D eigenvalue weighted by molar-refractivity contribution is 5.09. The van der Waals surface area contributed by atoms with Crippen LogP contribution in [0, 0.1) is 11.3 Å². The zero-order valence-corrected chi connectivity index (χ0v) is 7.22. The molecule has 3 nitrogen and oxygen atoms in total. The van der Waals surface area contributed by atoms with E-state index in [1.807, 2.05) is 19.0 Å². The molecule has 1 N–H and O–H groups in total. The summed E-state index contributed by atoms with van der Waals surface area (Å²) in [5.41, 5.74) is -0.203. The van der Waals surface area contributed by atoms with E-state index in [0.717, 1.165) is 25.9 Å². The Kier molecular flexibility index (Phi) is 2.48. The van der Waals surface area contributed by atoms with Crippen LogP contribution in [0.2, 0.25) is 0 Å². The summed E-state index contributed by atoms with van der Waals surface area (Å²) >= 11 is 0. The molecule has 1 rings (SSSR count). The SMILES string of the molecule is CN(C)C1(C#N)CCNCC1. The molecule has 62 valence electrons. The predicted octanol–water partition coefficient (Wildman–Crippen LogP) is 0.194. The van der Waals surface area contributed by atoms with Crippen LogP contribution in [0.25, 0.3) is 0 Å². The van der Waals surface area contributed by atoms with Crippen molar-refractivity contribution >= 4 is 0 Å². The lowest BCUT2D eigenvalue weighted by molar-refractivity contribution is 0.167. The average molecular weight is 153 g/mol. The summed E-state index contributed by atoms with van der Waals surface area (Å²) in [5, 5.41) is 12.2. The van der Waals surface area contributed by atoms with E-state index in [0.29, 0.717) is 0 Å². The Morgan fingerprint density at radius 1 is 1.36 bits per heavy atom. The summed E-state index contributed by atoms with van der Waals surface area (Å²) in [6.07, 6.45) is 1.88. The van der Waals surface area contributed by atoms with Crippen molar-refractivity contribution in [2.24, 2.45) is 0 Å². The molecule has 1 aliphatic rings. The number of nitrogens with zero attached hydrogens (tertiary/aromatic N) is 2. The van der Waals surface area contributed by atoms with Crippen LogP contribution >= 0.6 is 0 Å². The molecule has 0 saturated carbocycles. The molecular weight excluding hydrogens is 138 g/mol. The lowest BCUT2D eigenvalue weighted by Gasteiger charge is -2.36. The first-order chi connectivity index (χ1) is 5.21. The maximum absolute atomic E-state index is 8.99.